The van der Waals surface area contributed by atoms with Gasteiger partial charge in [-0.1, -0.05) is 19.9 Å². The Morgan fingerprint density at radius 1 is 1.38 bits per heavy atom. The highest BCUT2D eigenvalue weighted by Gasteiger charge is 2.19. The van der Waals surface area contributed by atoms with E-state index in [-0.39, 0.29) is 0 Å². The summed E-state index contributed by atoms with van der Waals surface area (Å²) in [7, 11) is 0. The molecule has 1 aromatic rings. The van der Waals surface area contributed by atoms with Crippen LogP contribution in [0.15, 0.2) is 16.6 Å². The number of aromatic hydroxyl groups is 1. The summed E-state index contributed by atoms with van der Waals surface area (Å²) in [6.07, 6.45) is 0.982. The second kappa shape index (κ2) is 5.69. The molecule has 0 saturated carbocycles. The van der Waals surface area contributed by atoms with Gasteiger partial charge in [-0.25, -0.2) is 0 Å². The summed E-state index contributed by atoms with van der Waals surface area (Å²) in [5.41, 5.74) is 8.06. The predicted molar refractivity (Wildman–Crippen MR) is 71.8 cm³/mol. The molecule has 1 atom stereocenters. The lowest BCUT2D eigenvalue weighted by Crippen LogP contribution is -2.13. The second-order valence-electron chi connectivity index (χ2n) is 4.54. The highest BCUT2D eigenvalue weighted by atomic mass is 79.9. The molecule has 0 bridgehead atoms. The van der Waals surface area contributed by atoms with Gasteiger partial charge < -0.3 is 10.8 Å². The average Bonchev–Trinajstić information content (AvgIpc) is 2.24. The van der Waals surface area contributed by atoms with Crippen LogP contribution in [-0.2, 0) is 0 Å². The molecule has 1 unspecified atom stereocenters. The first-order valence-electron chi connectivity index (χ1n) is 5.67. The van der Waals surface area contributed by atoms with E-state index < -0.39 is 0 Å². The van der Waals surface area contributed by atoms with E-state index in [1.165, 1.54) is 5.56 Å². The van der Waals surface area contributed by atoms with Crippen molar-refractivity contribution in [2.75, 3.05) is 6.54 Å². The first-order valence-corrected chi connectivity index (χ1v) is 6.46. The first kappa shape index (κ1) is 13.5. The number of halogens is 1. The van der Waals surface area contributed by atoms with Gasteiger partial charge in [-0.05, 0) is 64.8 Å². The minimum Gasteiger partial charge on any atom is -0.507 e. The van der Waals surface area contributed by atoms with Crippen LogP contribution in [0.25, 0.3) is 0 Å². The highest BCUT2D eigenvalue weighted by Crippen LogP contribution is 2.36. The molecule has 0 saturated heterocycles. The summed E-state index contributed by atoms with van der Waals surface area (Å²) >= 11 is 3.42. The van der Waals surface area contributed by atoms with E-state index in [2.05, 4.69) is 29.8 Å². The van der Waals surface area contributed by atoms with Crippen LogP contribution < -0.4 is 5.73 Å². The minimum atomic E-state index is 0.302. The smallest absolute Gasteiger partial charge is 0.130 e. The molecule has 0 heterocycles. The maximum atomic E-state index is 9.60. The van der Waals surface area contributed by atoms with Gasteiger partial charge in [0.2, 0.25) is 0 Å². The van der Waals surface area contributed by atoms with E-state index in [1.807, 2.05) is 13.0 Å². The van der Waals surface area contributed by atoms with Gasteiger partial charge >= 0.3 is 0 Å². The van der Waals surface area contributed by atoms with Crippen LogP contribution in [0.5, 0.6) is 5.75 Å². The molecule has 3 heteroatoms. The lowest BCUT2D eigenvalue weighted by molar-refractivity contribution is 0.460. The van der Waals surface area contributed by atoms with Crippen LogP contribution in [-0.4, -0.2) is 11.7 Å². The highest BCUT2D eigenvalue weighted by molar-refractivity contribution is 9.10. The quantitative estimate of drug-likeness (QED) is 0.889. The number of hydrogen-bond acceptors (Lipinski definition) is 2. The molecular weight excluding hydrogens is 266 g/mol. The number of nitrogens with two attached hydrogens (primary N) is 1. The Labute approximate surface area is 106 Å². The Kier molecular flexibility index (Phi) is 4.81. The molecule has 16 heavy (non-hydrogen) atoms. The fourth-order valence-corrected chi connectivity index (χ4v) is 2.48. The zero-order valence-corrected chi connectivity index (χ0v) is 11.7. The van der Waals surface area contributed by atoms with E-state index in [0.717, 1.165) is 16.5 Å². The SMILES string of the molecule is Cc1c(C(CCN)C(C)C)ccc(O)c1Br. The Morgan fingerprint density at radius 3 is 2.50 bits per heavy atom. The predicted octanol–water partition coefficient (Wildman–Crippen LogP) is 3.55. The summed E-state index contributed by atoms with van der Waals surface area (Å²) in [6, 6.07) is 3.76. The topological polar surface area (TPSA) is 46.2 Å². The van der Waals surface area contributed by atoms with Gasteiger partial charge in [-0.2, -0.15) is 0 Å². The van der Waals surface area contributed by atoms with E-state index in [1.54, 1.807) is 6.07 Å². The van der Waals surface area contributed by atoms with Crippen LogP contribution in [0.3, 0.4) is 0 Å². The Morgan fingerprint density at radius 2 is 2.00 bits per heavy atom. The minimum absolute atomic E-state index is 0.302. The number of phenols is 1. The van der Waals surface area contributed by atoms with Crippen molar-refractivity contribution in [2.24, 2.45) is 11.7 Å². The third-order valence-corrected chi connectivity index (χ3v) is 4.09. The van der Waals surface area contributed by atoms with Crippen LogP contribution in [0.4, 0.5) is 0 Å². The van der Waals surface area contributed by atoms with E-state index in [9.17, 15) is 5.11 Å². The van der Waals surface area contributed by atoms with Crippen molar-refractivity contribution in [1.82, 2.24) is 0 Å². The Hall–Kier alpha value is -0.540. The van der Waals surface area contributed by atoms with Crippen molar-refractivity contribution in [3.05, 3.63) is 27.7 Å². The van der Waals surface area contributed by atoms with E-state index in [0.29, 0.717) is 24.1 Å². The van der Waals surface area contributed by atoms with Gasteiger partial charge in [0.15, 0.2) is 0 Å². The molecule has 0 aromatic heterocycles. The normalized spacial score (nSPS) is 13.1. The van der Waals surface area contributed by atoms with Crippen molar-refractivity contribution in [2.45, 2.75) is 33.1 Å². The zero-order chi connectivity index (χ0) is 12.3. The molecule has 0 spiro atoms. The molecule has 90 valence electrons. The van der Waals surface area contributed by atoms with Crippen molar-refractivity contribution < 1.29 is 5.11 Å². The van der Waals surface area contributed by atoms with Gasteiger partial charge in [-0.3, -0.25) is 0 Å². The third kappa shape index (κ3) is 2.77. The summed E-state index contributed by atoms with van der Waals surface area (Å²) in [4.78, 5) is 0. The first-order chi connectivity index (χ1) is 7.49. The van der Waals surface area contributed by atoms with E-state index in [4.69, 9.17) is 5.73 Å². The Bertz CT molecular complexity index is 363. The summed E-state index contributed by atoms with van der Waals surface area (Å²) in [5, 5.41) is 9.60. The van der Waals surface area contributed by atoms with Crippen molar-refractivity contribution in [1.29, 1.82) is 0 Å². The molecule has 0 aliphatic carbocycles. The van der Waals surface area contributed by atoms with Crippen LogP contribution in [0.2, 0.25) is 0 Å². The van der Waals surface area contributed by atoms with Crippen molar-refractivity contribution in [3.63, 3.8) is 0 Å². The molecule has 0 aliphatic rings. The Balaban J connectivity index is 3.15. The van der Waals surface area contributed by atoms with Gasteiger partial charge in [-0.15, -0.1) is 0 Å². The number of benzene rings is 1. The average molecular weight is 286 g/mol. The number of hydrogen-bond donors (Lipinski definition) is 2. The summed E-state index contributed by atoms with van der Waals surface area (Å²) in [6.45, 7) is 7.15. The number of rotatable bonds is 4. The fraction of sp³-hybridized carbons (Fsp3) is 0.538. The molecule has 0 amide bonds. The number of phenolic OH excluding ortho intramolecular Hbond substituents is 1. The lowest BCUT2D eigenvalue weighted by Gasteiger charge is -2.23. The molecule has 0 radical (unpaired) electrons. The lowest BCUT2D eigenvalue weighted by atomic mass is 9.83. The van der Waals surface area contributed by atoms with Gasteiger partial charge in [0.1, 0.15) is 5.75 Å². The largest absolute Gasteiger partial charge is 0.507 e. The van der Waals surface area contributed by atoms with Crippen molar-refractivity contribution >= 4 is 15.9 Å². The summed E-state index contributed by atoms with van der Waals surface area (Å²) < 4.78 is 0.799. The maximum Gasteiger partial charge on any atom is 0.130 e. The molecule has 1 rings (SSSR count). The van der Waals surface area contributed by atoms with Gasteiger partial charge in [0.25, 0.3) is 0 Å². The molecular formula is C13H20BrNO. The van der Waals surface area contributed by atoms with E-state index >= 15 is 0 Å². The molecule has 0 aliphatic heterocycles. The monoisotopic (exact) mass is 285 g/mol. The van der Waals surface area contributed by atoms with Gasteiger partial charge in [0.05, 0.1) is 4.47 Å². The molecule has 0 fully saturated rings. The van der Waals surface area contributed by atoms with Crippen LogP contribution >= 0.6 is 15.9 Å². The summed E-state index contributed by atoms with van der Waals surface area (Å²) in [5.74, 6) is 1.32. The molecule has 2 nitrogen and oxygen atoms in total. The second-order valence-corrected chi connectivity index (χ2v) is 5.33. The fourth-order valence-electron chi connectivity index (χ4n) is 2.11. The molecule has 1 aromatic carbocycles. The molecule has 3 N–H and O–H groups in total. The zero-order valence-electron chi connectivity index (χ0n) is 10.1. The van der Waals surface area contributed by atoms with Crippen molar-refractivity contribution in [3.8, 4) is 5.75 Å². The van der Waals surface area contributed by atoms with Crippen LogP contribution in [0, 0.1) is 12.8 Å². The maximum absolute atomic E-state index is 9.60. The standard InChI is InChI=1S/C13H20BrNO/c1-8(2)10(6-7-15)11-4-5-12(16)13(14)9(11)3/h4-5,8,10,16H,6-7,15H2,1-3H3. The third-order valence-electron chi connectivity index (χ3n) is 3.09. The van der Waals surface area contributed by atoms with Crippen LogP contribution in [0.1, 0.15) is 37.3 Å². The van der Waals surface area contributed by atoms with Gasteiger partial charge in [0, 0.05) is 0 Å².